The number of fused-ring (bicyclic) bond motifs is 1. The number of nitrogens with zero attached hydrogens (tertiary/aromatic N) is 7. The quantitative estimate of drug-likeness (QED) is 0.190. The Morgan fingerprint density at radius 1 is 1.07 bits per heavy atom. The molecule has 5 rings (SSSR count). The molecule has 330 valence electrons. The van der Waals surface area contributed by atoms with Gasteiger partial charge in [-0.05, 0) is 105 Å². The number of nitrogens with one attached hydrogen (secondary N) is 1. The number of aliphatic hydroxyl groups is 1. The summed E-state index contributed by atoms with van der Waals surface area (Å²) in [4.78, 5) is 45.6. The lowest BCUT2D eigenvalue weighted by molar-refractivity contribution is -0.295. The zero-order chi connectivity index (χ0) is 43.4. The van der Waals surface area contributed by atoms with Gasteiger partial charge in [-0.1, -0.05) is 26.0 Å². The second kappa shape index (κ2) is 18.9. The third-order valence-corrected chi connectivity index (χ3v) is 12.5. The van der Waals surface area contributed by atoms with Crippen molar-refractivity contribution in [2.24, 2.45) is 11.8 Å². The van der Waals surface area contributed by atoms with E-state index in [1.807, 2.05) is 39.8 Å². The number of carbonyl (C=O) groups is 3. The van der Waals surface area contributed by atoms with E-state index < -0.39 is 77.3 Å². The lowest BCUT2D eigenvalue weighted by Gasteiger charge is -2.47. The van der Waals surface area contributed by atoms with E-state index in [1.54, 1.807) is 54.9 Å². The van der Waals surface area contributed by atoms with Crippen LogP contribution < -0.4 is 5.32 Å². The van der Waals surface area contributed by atoms with Crippen molar-refractivity contribution in [1.29, 1.82) is 0 Å². The number of aryl methyl sites for hydroxylation is 1. The number of cyclic esters (lactones) is 1. The molecule has 0 aromatic carbocycles. The lowest BCUT2D eigenvalue weighted by Crippen LogP contribution is -2.61. The number of hydrogen-bond acceptors (Lipinski definition) is 15. The largest absolute Gasteiger partial charge is 0.455 e. The summed E-state index contributed by atoms with van der Waals surface area (Å²) in [5.41, 5.74) is -4.57. The van der Waals surface area contributed by atoms with Crippen LogP contribution >= 0.6 is 0 Å². The van der Waals surface area contributed by atoms with E-state index in [0.717, 1.165) is 6.92 Å². The van der Waals surface area contributed by atoms with E-state index in [2.05, 4.69) is 25.8 Å². The fraction of sp³-hybridized carbons (Fsp3) is 0.780. The van der Waals surface area contributed by atoms with Crippen LogP contribution in [0.15, 0.2) is 24.5 Å². The van der Waals surface area contributed by atoms with Crippen LogP contribution in [0.2, 0.25) is 0 Å². The Kier molecular flexibility index (Phi) is 14.9. The van der Waals surface area contributed by atoms with Crippen LogP contribution in [-0.2, 0) is 39.8 Å². The third kappa shape index (κ3) is 9.94. The Hall–Kier alpha value is -3.68. The molecule has 0 spiro atoms. The molecule has 5 heterocycles. The fourth-order valence-corrected chi connectivity index (χ4v) is 9.18. The number of amides is 1. The van der Waals surface area contributed by atoms with E-state index in [9.17, 15) is 19.5 Å². The summed E-state index contributed by atoms with van der Waals surface area (Å²) in [5.74, 6) is -3.86. The summed E-state index contributed by atoms with van der Waals surface area (Å²) in [6, 6.07) is 2.22. The van der Waals surface area contributed by atoms with Crippen LogP contribution in [0.4, 0.5) is 9.18 Å². The first-order valence-electron chi connectivity index (χ1n) is 20.8. The molecule has 59 heavy (non-hydrogen) atoms. The highest BCUT2D eigenvalue weighted by Gasteiger charge is 2.60. The Morgan fingerprint density at radius 3 is 2.42 bits per heavy atom. The van der Waals surface area contributed by atoms with Crippen LogP contribution in [0.3, 0.4) is 0 Å². The van der Waals surface area contributed by atoms with Crippen LogP contribution in [0.25, 0.3) is 11.4 Å². The minimum atomic E-state index is -3.13. The molecule has 3 fully saturated rings. The van der Waals surface area contributed by atoms with E-state index in [-0.39, 0.29) is 24.5 Å². The molecule has 3 saturated heterocycles. The molecule has 3 aliphatic heterocycles. The summed E-state index contributed by atoms with van der Waals surface area (Å²) in [5, 5.41) is 31.4. The maximum Gasteiger partial charge on any atom is 0.410 e. The van der Waals surface area contributed by atoms with Crippen LogP contribution in [-0.4, -0.2) is 158 Å². The molecule has 2 aromatic rings. The monoisotopic (exact) mass is 832 g/mol. The topological polar surface area (TPSA) is 193 Å². The molecule has 3 aliphatic rings. The number of likely N-dealkylation sites (N-methyl/N-ethyl adjacent to an activating group) is 1. The van der Waals surface area contributed by atoms with Gasteiger partial charge in [-0.15, -0.1) is 10.2 Å². The normalized spacial score (nSPS) is 37.7. The van der Waals surface area contributed by atoms with Crippen LogP contribution in [0.5, 0.6) is 0 Å². The van der Waals surface area contributed by atoms with E-state index in [1.165, 1.54) is 14.0 Å². The second-order valence-corrected chi connectivity index (χ2v) is 17.5. The van der Waals surface area contributed by atoms with Gasteiger partial charge in [-0.2, -0.15) is 5.10 Å². The predicted molar refractivity (Wildman–Crippen MR) is 213 cm³/mol. The maximum absolute atomic E-state index is 16.9. The Labute approximate surface area is 347 Å². The number of unbranched alkanes of at least 4 members (excludes halogenated alkanes) is 1. The first-order valence-corrected chi connectivity index (χ1v) is 20.8. The van der Waals surface area contributed by atoms with Gasteiger partial charge < -0.3 is 39.0 Å². The Balaban J connectivity index is 1.41. The van der Waals surface area contributed by atoms with Crippen molar-refractivity contribution in [3.63, 3.8) is 0 Å². The highest BCUT2D eigenvalue weighted by molar-refractivity contribution is 6.07. The summed E-state index contributed by atoms with van der Waals surface area (Å²) in [6.07, 6.45) is 0.238. The number of rotatable bonds is 11. The maximum atomic E-state index is 16.9. The third-order valence-electron chi connectivity index (χ3n) is 12.5. The van der Waals surface area contributed by atoms with Gasteiger partial charge in [0.1, 0.15) is 23.6 Å². The number of methoxy groups -OCH3 is 1. The van der Waals surface area contributed by atoms with Gasteiger partial charge in [0.25, 0.3) is 5.67 Å². The molecule has 0 saturated carbocycles. The molecule has 18 heteroatoms. The van der Waals surface area contributed by atoms with Gasteiger partial charge in [0.05, 0.1) is 30.0 Å². The lowest BCUT2D eigenvalue weighted by atomic mass is 9.78. The highest BCUT2D eigenvalue weighted by atomic mass is 19.1. The summed E-state index contributed by atoms with van der Waals surface area (Å²) >= 11 is 0. The highest BCUT2D eigenvalue weighted by Crippen LogP contribution is 2.41. The number of ether oxygens (including phenoxy) is 5. The standard InChI is InChI=1S/C41H65FN8O9/c1-12-31-41(8)33(50(38(54)59-41)19-14-13-18-49-23-29(46-47-49)28-16-15-17-44-45-28)27(5)43-22-24(2)21-39(6,55-11)35(26(4)34(52)40(7,42)37(53)57-31)58-36-32(51)30(48(9)10)20-25(3)56-36/h15-17,23-27,30-33,35-36,43,51H,12-14,18-22H2,1-11H3/t24-,25-,26+,27-,30?,31-,32?,33-,35-,36+,39-,40?,41-/m1/s1. The number of aliphatic hydroxyl groups excluding tert-OH is 1. The predicted octanol–water partition coefficient (Wildman–Crippen LogP) is 3.58. The summed E-state index contributed by atoms with van der Waals surface area (Å²) in [7, 11) is 5.20. The van der Waals surface area contributed by atoms with Crippen molar-refractivity contribution < 1.29 is 47.6 Å². The zero-order valence-electron chi connectivity index (χ0n) is 36.5. The number of aromatic nitrogens is 5. The van der Waals surface area contributed by atoms with Crippen molar-refractivity contribution in [2.45, 2.75) is 160 Å². The van der Waals surface area contributed by atoms with Gasteiger partial charge in [0, 0.05) is 44.4 Å². The van der Waals surface area contributed by atoms with E-state index in [4.69, 9.17) is 23.7 Å². The van der Waals surface area contributed by atoms with E-state index in [0.29, 0.717) is 56.7 Å². The molecule has 1 amide bonds. The first-order chi connectivity index (χ1) is 27.8. The number of halogens is 1. The van der Waals surface area contributed by atoms with Crippen molar-refractivity contribution >= 4 is 17.8 Å². The SMILES string of the molecule is CC[C@H]1OC(=O)C(C)(F)C(=O)[C@H](C)[C@@H](O[C@@H]2O[C@H](C)CC(N(C)C)C2O)[C@](C)(OC)C[C@@H](C)CN[C@H](C)[C@H]2N(CCCCn3cc(-c4cccnn4)nn3)C(=O)O[C@]12C. The fourth-order valence-electron chi connectivity index (χ4n) is 9.18. The second-order valence-electron chi connectivity index (χ2n) is 17.5. The minimum Gasteiger partial charge on any atom is -0.455 e. The van der Waals surface area contributed by atoms with Crippen molar-refractivity contribution in [1.82, 2.24) is 40.3 Å². The van der Waals surface area contributed by atoms with Gasteiger partial charge in [-0.25, -0.2) is 14.0 Å². The van der Waals surface area contributed by atoms with E-state index >= 15 is 4.39 Å². The van der Waals surface area contributed by atoms with Gasteiger partial charge in [0.2, 0.25) is 0 Å². The molecule has 0 radical (unpaired) electrons. The molecule has 2 aromatic heterocycles. The molecule has 0 bridgehead atoms. The molecule has 0 aliphatic carbocycles. The average Bonchev–Trinajstić information content (AvgIpc) is 3.78. The van der Waals surface area contributed by atoms with Crippen molar-refractivity contribution in [3.05, 3.63) is 24.5 Å². The number of carbonyl (C=O) groups excluding carboxylic acids is 3. The molecular formula is C41H65FN8O9. The summed E-state index contributed by atoms with van der Waals surface area (Å²) in [6.45, 7) is 14.7. The number of esters is 1. The number of Topliss-reactive ketones (excluding diaryl/α,β-unsaturated/α-hetero) is 1. The number of alkyl halides is 1. The smallest absolute Gasteiger partial charge is 0.410 e. The van der Waals surface area contributed by atoms with Gasteiger partial charge in [0.15, 0.2) is 17.7 Å². The molecule has 17 nitrogen and oxygen atoms in total. The molecule has 2 N–H and O–H groups in total. The first kappa shape index (κ1) is 46.4. The van der Waals surface area contributed by atoms with Crippen molar-refractivity contribution in [3.8, 4) is 11.4 Å². The van der Waals surface area contributed by atoms with Gasteiger partial charge >= 0.3 is 12.1 Å². The number of ketones is 1. The Morgan fingerprint density at radius 2 is 1.78 bits per heavy atom. The average molecular weight is 833 g/mol. The zero-order valence-corrected chi connectivity index (χ0v) is 36.5. The number of hydrogen-bond donors (Lipinski definition) is 2. The van der Waals surface area contributed by atoms with Crippen LogP contribution in [0.1, 0.15) is 87.5 Å². The minimum absolute atomic E-state index is 0.115. The molecule has 13 atom stereocenters. The molecule has 3 unspecified atom stereocenters. The van der Waals surface area contributed by atoms with Gasteiger partial charge in [-0.3, -0.25) is 14.4 Å². The molecular weight excluding hydrogens is 767 g/mol. The van der Waals surface area contributed by atoms with Crippen LogP contribution in [0, 0.1) is 11.8 Å². The Bertz CT molecular complexity index is 1740. The summed E-state index contributed by atoms with van der Waals surface area (Å²) < 4.78 is 49.5. The van der Waals surface area contributed by atoms with Crippen molar-refractivity contribution in [2.75, 3.05) is 34.3 Å².